The SMILES string of the molecule is CCNC(=NCc1ccc(C(=O)NC(C)CC)cc1)N1CCN(c2cnn(C)c2)C(=O)C1. The Labute approximate surface area is 189 Å². The smallest absolute Gasteiger partial charge is 0.251 e. The Morgan fingerprint density at radius 2 is 1.97 bits per heavy atom. The van der Waals surface area contributed by atoms with E-state index >= 15 is 0 Å². The van der Waals surface area contributed by atoms with Crippen molar-refractivity contribution in [3.05, 3.63) is 47.8 Å². The van der Waals surface area contributed by atoms with Crippen molar-refractivity contribution in [2.75, 3.05) is 31.1 Å². The van der Waals surface area contributed by atoms with E-state index in [1.54, 1.807) is 15.8 Å². The zero-order chi connectivity index (χ0) is 23.1. The van der Waals surface area contributed by atoms with E-state index < -0.39 is 0 Å². The van der Waals surface area contributed by atoms with Gasteiger partial charge in [-0.2, -0.15) is 5.10 Å². The Balaban J connectivity index is 1.62. The van der Waals surface area contributed by atoms with E-state index in [0.717, 1.165) is 17.7 Å². The molecule has 0 bridgehead atoms. The molecule has 172 valence electrons. The molecule has 1 aliphatic heterocycles. The number of anilines is 1. The normalized spacial score (nSPS) is 15.6. The van der Waals surface area contributed by atoms with Crippen molar-refractivity contribution < 1.29 is 9.59 Å². The Morgan fingerprint density at radius 1 is 1.22 bits per heavy atom. The third kappa shape index (κ3) is 5.87. The number of aliphatic imine (C=N–C) groups is 1. The first-order valence-electron chi connectivity index (χ1n) is 11.1. The number of hydrogen-bond acceptors (Lipinski definition) is 4. The monoisotopic (exact) mass is 439 g/mol. The number of aryl methyl sites for hydroxylation is 1. The predicted molar refractivity (Wildman–Crippen MR) is 126 cm³/mol. The maximum atomic E-state index is 12.7. The van der Waals surface area contributed by atoms with Gasteiger partial charge in [0.1, 0.15) is 6.54 Å². The van der Waals surface area contributed by atoms with Crippen LogP contribution >= 0.6 is 0 Å². The highest BCUT2D eigenvalue weighted by molar-refractivity contribution is 5.98. The number of guanidine groups is 1. The summed E-state index contributed by atoms with van der Waals surface area (Å²) in [4.78, 5) is 33.4. The number of nitrogens with zero attached hydrogens (tertiary/aromatic N) is 5. The summed E-state index contributed by atoms with van der Waals surface area (Å²) in [6, 6.07) is 7.64. The van der Waals surface area contributed by atoms with Gasteiger partial charge in [0.15, 0.2) is 5.96 Å². The van der Waals surface area contributed by atoms with Gasteiger partial charge in [-0.1, -0.05) is 19.1 Å². The topological polar surface area (TPSA) is 94.9 Å². The van der Waals surface area contributed by atoms with E-state index in [0.29, 0.717) is 37.7 Å². The maximum Gasteiger partial charge on any atom is 0.251 e. The fraction of sp³-hybridized carbons (Fsp3) is 0.478. The molecule has 2 aromatic rings. The number of aromatic nitrogens is 2. The molecule has 9 heteroatoms. The van der Waals surface area contributed by atoms with Crippen LogP contribution in [0.15, 0.2) is 41.7 Å². The zero-order valence-corrected chi connectivity index (χ0v) is 19.3. The molecule has 0 saturated carbocycles. The van der Waals surface area contributed by atoms with Gasteiger partial charge >= 0.3 is 0 Å². The second kappa shape index (κ2) is 10.8. The summed E-state index contributed by atoms with van der Waals surface area (Å²) in [7, 11) is 1.84. The molecule has 1 unspecified atom stereocenters. The van der Waals surface area contributed by atoms with Gasteiger partial charge in [0, 0.05) is 44.5 Å². The quantitative estimate of drug-likeness (QED) is 0.506. The Morgan fingerprint density at radius 3 is 2.56 bits per heavy atom. The minimum atomic E-state index is -0.0623. The number of nitrogens with one attached hydrogen (secondary N) is 2. The molecule has 2 heterocycles. The first-order chi connectivity index (χ1) is 15.4. The first kappa shape index (κ1) is 23.3. The zero-order valence-electron chi connectivity index (χ0n) is 19.3. The summed E-state index contributed by atoms with van der Waals surface area (Å²) in [6.45, 7) is 8.74. The van der Waals surface area contributed by atoms with Crippen molar-refractivity contribution >= 4 is 23.5 Å². The molecule has 1 saturated heterocycles. The van der Waals surface area contributed by atoms with Crippen LogP contribution in [0.1, 0.15) is 43.1 Å². The molecule has 2 amide bonds. The average Bonchev–Trinajstić information content (AvgIpc) is 3.22. The average molecular weight is 440 g/mol. The van der Waals surface area contributed by atoms with E-state index in [2.05, 4.69) is 15.7 Å². The number of hydrogen-bond donors (Lipinski definition) is 2. The van der Waals surface area contributed by atoms with Gasteiger partial charge in [0.2, 0.25) is 5.91 Å². The van der Waals surface area contributed by atoms with Gasteiger partial charge < -0.3 is 20.4 Å². The molecule has 2 N–H and O–H groups in total. The van der Waals surface area contributed by atoms with E-state index in [1.165, 1.54) is 0 Å². The largest absolute Gasteiger partial charge is 0.356 e. The minimum Gasteiger partial charge on any atom is -0.356 e. The molecule has 1 atom stereocenters. The lowest BCUT2D eigenvalue weighted by Gasteiger charge is -2.35. The number of carbonyl (C=O) groups is 2. The van der Waals surface area contributed by atoms with Crippen LogP contribution in [0, 0.1) is 0 Å². The second-order valence-electron chi connectivity index (χ2n) is 7.99. The summed E-state index contributed by atoms with van der Waals surface area (Å²) in [5.74, 6) is 0.671. The molecule has 32 heavy (non-hydrogen) atoms. The van der Waals surface area contributed by atoms with Gasteiger partial charge in [-0.3, -0.25) is 14.3 Å². The van der Waals surface area contributed by atoms with E-state index in [-0.39, 0.29) is 24.4 Å². The highest BCUT2D eigenvalue weighted by Crippen LogP contribution is 2.16. The highest BCUT2D eigenvalue weighted by atomic mass is 16.2. The summed E-state index contributed by atoms with van der Waals surface area (Å²) in [5.41, 5.74) is 2.46. The van der Waals surface area contributed by atoms with Crippen molar-refractivity contribution in [3.8, 4) is 0 Å². The van der Waals surface area contributed by atoms with Crippen molar-refractivity contribution in [3.63, 3.8) is 0 Å². The molecular formula is C23H33N7O2. The van der Waals surface area contributed by atoms with Crippen LogP contribution in [0.2, 0.25) is 0 Å². The molecule has 0 spiro atoms. The standard InChI is InChI=1S/C23H33N7O2/c1-5-17(3)27-22(32)19-9-7-18(8-10-19)13-25-23(24-6-2)29-11-12-30(21(31)16-29)20-14-26-28(4)15-20/h7-10,14-15,17H,5-6,11-13,16H2,1-4H3,(H,24,25)(H,27,32). The molecule has 1 aromatic carbocycles. The fourth-order valence-corrected chi connectivity index (χ4v) is 3.44. The molecule has 0 radical (unpaired) electrons. The Bertz CT molecular complexity index is 952. The van der Waals surface area contributed by atoms with Gasteiger partial charge in [0.25, 0.3) is 5.91 Å². The first-order valence-corrected chi connectivity index (χ1v) is 11.1. The Kier molecular flexibility index (Phi) is 7.86. The number of piperazine rings is 1. The number of amides is 2. The molecule has 1 fully saturated rings. The number of carbonyl (C=O) groups excluding carboxylic acids is 2. The maximum absolute atomic E-state index is 12.7. The van der Waals surface area contributed by atoms with E-state index in [1.807, 2.05) is 63.2 Å². The summed E-state index contributed by atoms with van der Waals surface area (Å²) in [5, 5.41) is 10.4. The minimum absolute atomic E-state index is 0.0199. The van der Waals surface area contributed by atoms with Crippen molar-refractivity contribution in [2.45, 2.75) is 39.8 Å². The number of benzene rings is 1. The van der Waals surface area contributed by atoms with Crippen LogP contribution in [0.4, 0.5) is 5.69 Å². The summed E-state index contributed by atoms with van der Waals surface area (Å²) in [6.07, 6.45) is 4.45. The molecule has 0 aliphatic carbocycles. The van der Waals surface area contributed by atoms with E-state index in [4.69, 9.17) is 4.99 Å². The molecule has 9 nitrogen and oxygen atoms in total. The Hall–Kier alpha value is -3.36. The van der Waals surface area contributed by atoms with Crippen LogP contribution < -0.4 is 15.5 Å². The van der Waals surface area contributed by atoms with Crippen molar-refractivity contribution in [1.29, 1.82) is 0 Å². The van der Waals surface area contributed by atoms with Crippen molar-refractivity contribution in [2.24, 2.45) is 12.0 Å². The van der Waals surface area contributed by atoms with Crippen molar-refractivity contribution in [1.82, 2.24) is 25.3 Å². The highest BCUT2D eigenvalue weighted by Gasteiger charge is 2.27. The van der Waals surface area contributed by atoms with Gasteiger partial charge in [-0.15, -0.1) is 0 Å². The van der Waals surface area contributed by atoms with Gasteiger partial charge in [-0.05, 0) is 38.0 Å². The predicted octanol–water partition coefficient (Wildman–Crippen LogP) is 1.76. The van der Waals surface area contributed by atoms with Crippen LogP contribution in [0.5, 0.6) is 0 Å². The molecule has 1 aromatic heterocycles. The van der Waals surface area contributed by atoms with Crippen LogP contribution in [-0.4, -0.2) is 64.7 Å². The molecule has 3 rings (SSSR count). The van der Waals surface area contributed by atoms with Crippen LogP contribution in [0.25, 0.3) is 0 Å². The second-order valence-corrected chi connectivity index (χ2v) is 7.99. The van der Waals surface area contributed by atoms with Gasteiger partial charge in [-0.25, -0.2) is 4.99 Å². The lowest BCUT2D eigenvalue weighted by Crippen LogP contribution is -2.55. The lowest BCUT2D eigenvalue weighted by molar-refractivity contribution is -0.120. The molecule has 1 aliphatic rings. The fourth-order valence-electron chi connectivity index (χ4n) is 3.44. The van der Waals surface area contributed by atoms with Crippen LogP contribution in [0.3, 0.4) is 0 Å². The summed E-state index contributed by atoms with van der Waals surface area (Å²) < 4.78 is 1.69. The third-order valence-electron chi connectivity index (χ3n) is 5.48. The molecular weight excluding hydrogens is 406 g/mol. The number of rotatable bonds is 7. The van der Waals surface area contributed by atoms with Gasteiger partial charge in [0.05, 0.1) is 18.4 Å². The van der Waals surface area contributed by atoms with E-state index in [9.17, 15) is 9.59 Å². The third-order valence-corrected chi connectivity index (χ3v) is 5.48. The van der Waals surface area contributed by atoms with Crippen LogP contribution in [-0.2, 0) is 18.4 Å². The lowest BCUT2D eigenvalue weighted by atomic mass is 10.1. The summed E-state index contributed by atoms with van der Waals surface area (Å²) >= 11 is 0.